The second-order valence-corrected chi connectivity index (χ2v) is 6.99. The molecule has 1 heterocycles. The average Bonchev–Trinajstić information content (AvgIpc) is 3.03. The molecule has 3 rings (SSSR count). The molecular formula is C19H18FN3OS. The molecule has 0 radical (unpaired) electrons. The fourth-order valence-corrected chi connectivity index (χ4v) is 3.26. The summed E-state index contributed by atoms with van der Waals surface area (Å²) in [5.41, 5.74) is 2.59. The summed E-state index contributed by atoms with van der Waals surface area (Å²) in [5, 5.41) is 3.08. The number of hydrogen-bond acceptors (Lipinski definition) is 3. The molecule has 3 aromatic rings. The van der Waals surface area contributed by atoms with Gasteiger partial charge in [-0.1, -0.05) is 30.0 Å². The topological polar surface area (TPSA) is 46.9 Å². The van der Waals surface area contributed by atoms with Crippen molar-refractivity contribution < 1.29 is 9.18 Å². The van der Waals surface area contributed by atoms with Crippen LogP contribution in [0.25, 0.3) is 5.69 Å². The zero-order valence-corrected chi connectivity index (χ0v) is 14.8. The lowest BCUT2D eigenvalue weighted by Gasteiger charge is -2.13. The number of thioether (sulfide) groups is 1. The molecular weight excluding hydrogens is 337 g/mol. The Balaban J connectivity index is 1.72. The van der Waals surface area contributed by atoms with Crippen LogP contribution in [0.5, 0.6) is 0 Å². The third kappa shape index (κ3) is 4.28. The zero-order chi connectivity index (χ0) is 17.8. The predicted molar refractivity (Wildman–Crippen MR) is 98.6 cm³/mol. The smallest absolute Gasteiger partial charge is 0.237 e. The van der Waals surface area contributed by atoms with Crippen LogP contribution >= 0.6 is 11.8 Å². The summed E-state index contributed by atoms with van der Waals surface area (Å²) in [5.74, 6) is -0.581. The van der Waals surface area contributed by atoms with E-state index in [9.17, 15) is 9.18 Å². The van der Waals surface area contributed by atoms with Crippen molar-refractivity contribution in [2.24, 2.45) is 0 Å². The second kappa shape index (κ2) is 7.53. The van der Waals surface area contributed by atoms with Gasteiger partial charge in [-0.2, -0.15) is 0 Å². The summed E-state index contributed by atoms with van der Waals surface area (Å²) in [4.78, 5) is 16.7. The molecule has 6 heteroatoms. The van der Waals surface area contributed by atoms with Crippen molar-refractivity contribution in [1.29, 1.82) is 0 Å². The summed E-state index contributed by atoms with van der Waals surface area (Å²) in [6.07, 6.45) is 3.58. The van der Waals surface area contributed by atoms with Crippen LogP contribution in [0.1, 0.15) is 12.5 Å². The number of aryl methyl sites for hydroxylation is 1. The van der Waals surface area contributed by atoms with E-state index in [1.165, 1.54) is 23.9 Å². The lowest BCUT2D eigenvalue weighted by atomic mass is 10.2. The van der Waals surface area contributed by atoms with E-state index in [-0.39, 0.29) is 17.0 Å². The van der Waals surface area contributed by atoms with Crippen molar-refractivity contribution in [2.45, 2.75) is 24.3 Å². The molecule has 0 aliphatic rings. The number of halogens is 1. The summed E-state index contributed by atoms with van der Waals surface area (Å²) in [6, 6.07) is 13.9. The largest absolute Gasteiger partial charge is 0.325 e. The van der Waals surface area contributed by atoms with Gasteiger partial charge in [0.25, 0.3) is 0 Å². The minimum absolute atomic E-state index is 0.200. The second-order valence-electron chi connectivity index (χ2n) is 5.68. The van der Waals surface area contributed by atoms with Gasteiger partial charge < -0.3 is 5.32 Å². The molecule has 0 saturated carbocycles. The highest BCUT2D eigenvalue weighted by atomic mass is 32.2. The van der Waals surface area contributed by atoms with Gasteiger partial charge in [0.2, 0.25) is 5.91 Å². The minimum atomic E-state index is -0.381. The van der Waals surface area contributed by atoms with E-state index in [1.807, 2.05) is 35.9 Å². The Morgan fingerprint density at radius 2 is 2.04 bits per heavy atom. The number of rotatable bonds is 5. The van der Waals surface area contributed by atoms with Crippen LogP contribution < -0.4 is 5.32 Å². The number of amides is 1. The normalized spacial score (nSPS) is 12.0. The Morgan fingerprint density at radius 3 is 2.80 bits per heavy atom. The molecule has 1 N–H and O–H groups in total. The van der Waals surface area contributed by atoms with Crippen molar-refractivity contribution in [3.63, 3.8) is 0 Å². The number of aromatic nitrogens is 2. The van der Waals surface area contributed by atoms with Gasteiger partial charge >= 0.3 is 0 Å². The summed E-state index contributed by atoms with van der Waals surface area (Å²) in [7, 11) is 0. The van der Waals surface area contributed by atoms with Gasteiger partial charge in [-0.05, 0) is 49.7 Å². The zero-order valence-electron chi connectivity index (χ0n) is 13.9. The molecule has 25 heavy (non-hydrogen) atoms. The molecule has 0 saturated heterocycles. The van der Waals surface area contributed by atoms with Crippen molar-refractivity contribution in [2.75, 3.05) is 5.32 Å². The Morgan fingerprint density at radius 1 is 1.24 bits per heavy atom. The van der Waals surface area contributed by atoms with Gasteiger partial charge in [-0.25, -0.2) is 9.37 Å². The molecule has 2 aromatic carbocycles. The number of carbonyl (C=O) groups excluding carboxylic acids is 1. The van der Waals surface area contributed by atoms with E-state index in [1.54, 1.807) is 25.3 Å². The van der Waals surface area contributed by atoms with Crippen molar-refractivity contribution in [3.05, 3.63) is 72.3 Å². The molecule has 128 valence electrons. The third-order valence-corrected chi connectivity index (χ3v) is 4.71. The molecule has 0 bridgehead atoms. The van der Waals surface area contributed by atoms with Gasteiger partial charge in [0.05, 0.1) is 5.25 Å². The first kappa shape index (κ1) is 17.2. The summed E-state index contributed by atoms with van der Waals surface area (Å²) >= 11 is 1.36. The van der Waals surface area contributed by atoms with E-state index in [4.69, 9.17) is 0 Å². The number of nitrogens with one attached hydrogen (secondary N) is 1. The van der Waals surface area contributed by atoms with E-state index in [0.29, 0.717) is 5.69 Å². The lowest BCUT2D eigenvalue weighted by molar-refractivity contribution is -0.115. The molecule has 0 spiro atoms. The van der Waals surface area contributed by atoms with Gasteiger partial charge in [0, 0.05) is 23.8 Å². The number of carbonyl (C=O) groups is 1. The summed E-state index contributed by atoms with van der Waals surface area (Å²) in [6.45, 7) is 3.83. The first-order valence-corrected chi connectivity index (χ1v) is 8.74. The number of benzene rings is 2. The highest BCUT2D eigenvalue weighted by molar-refractivity contribution is 8.00. The van der Waals surface area contributed by atoms with E-state index < -0.39 is 0 Å². The Labute approximate surface area is 150 Å². The molecule has 0 aliphatic heterocycles. The van der Waals surface area contributed by atoms with E-state index >= 15 is 0 Å². The lowest BCUT2D eigenvalue weighted by Crippen LogP contribution is -2.22. The van der Waals surface area contributed by atoms with Crippen molar-refractivity contribution >= 4 is 23.4 Å². The number of hydrogen-bond donors (Lipinski definition) is 1. The first-order valence-electron chi connectivity index (χ1n) is 7.86. The molecule has 0 aliphatic carbocycles. The first-order chi connectivity index (χ1) is 12.0. The molecule has 1 aromatic heterocycles. The summed E-state index contributed by atoms with van der Waals surface area (Å²) < 4.78 is 15.2. The number of anilines is 1. The maximum absolute atomic E-state index is 13.2. The van der Waals surface area contributed by atoms with E-state index in [2.05, 4.69) is 16.4 Å². The molecule has 0 fully saturated rings. The monoisotopic (exact) mass is 355 g/mol. The quantitative estimate of drug-likeness (QED) is 0.688. The number of nitrogens with zero attached hydrogens (tertiary/aromatic N) is 2. The minimum Gasteiger partial charge on any atom is -0.325 e. The van der Waals surface area contributed by atoms with Crippen LogP contribution in [-0.4, -0.2) is 20.7 Å². The predicted octanol–water partition coefficient (Wildman–Crippen LogP) is 4.44. The van der Waals surface area contributed by atoms with Crippen LogP contribution in [0.2, 0.25) is 0 Å². The fraction of sp³-hybridized carbons (Fsp3) is 0.158. The van der Waals surface area contributed by atoms with Gasteiger partial charge in [0.15, 0.2) is 5.16 Å². The van der Waals surface area contributed by atoms with E-state index in [0.717, 1.165) is 16.4 Å². The highest BCUT2D eigenvalue weighted by Gasteiger charge is 2.18. The van der Waals surface area contributed by atoms with Crippen LogP contribution in [-0.2, 0) is 4.79 Å². The Bertz CT molecular complexity index is 894. The van der Waals surface area contributed by atoms with Crippen molar-refractivity contribution in [1.82, 2.24) is 9.55 Å². The number of imidazole rings is 1. The maximum Gasteiger partial charge on any atom is 0.237 e. The van der Waals surface area contributed by atoms with Crippen molar-refractivity contribution in [3.8, 4) is 5.69 Å². The average molecular weight is 355 g/mol. The highest BCUT2D eigenvalue weighted by Crippen LogP contribution is 2.25. The third-order valence-electron chi connectivity index (χ3n) is 3.63. The van der Waals surface area contributed by atoms with Gasteiger partial charge in [0.1, 0.15) is 5.82 Å². The fourth-order valence-electron chi connectivity index (χ4n) is 2.37. The molecule has 1 atom stereocenters. The maximum atomic E-state index is 13.2. The Kier molecular flexibility index (Phi) is 5.19. The standard InChI is InChI=1S/C19H18FN3OS/c1-13-5-3-8-17(11-13)23-10-9-21-19(23)25-14(2)18(24)22-16-7-4-6-15(20)12-16/h3-12,14H,1-2H3,(H,22,24). The Hall–Kier alpha value is -2.60. The van der Waals surface area contributed by atoms with Gasteiger partial charge in [-0.3, -0.25) is 9.36 Å². The van der Waals surface area contributed by atoms with Gasteiger partial charge in [-0.15, -0.1) is 0 Å². The van der Waals surface area contributed by atoms with Crippen LogP contribution in [0, 0.1) is 12.7 Å². The van der Waals surface area contributed by atoms with Crippen LogP contribution in [0.15, 0.2) is 66.1 Å². The molecule has 4 nitrogen and oxygen atoms in total. The molecule has 1 unspecified atom stereocenters. The molecule has 1 amide bonds. The van der Waals surface area contributed by atoms with Crippen LogP contribution in [0.3, 0.4) is 0 Å². The SMILES string of the molecule is Cc1cccc(-n2ccnc2SC(C)C(=O)Nc2cccc(F)c2)c1. The van der Waals surface area contributed by atoms with Crippen LogP contribution in [0.4, 0.5) is 10.1 Å².